The fraction of sp³-hybridized carbons (Fsp3) is 0.625. The van der Waals surface area contributed by atoms with Crippen LogP contribution in [0.4, 0.5) is 0 Å². The third-order valence-corrected chi connectivity index (χ3v) is 3.44. The molecule has 0 saturated carbocycles. The molecule has 0 fully saturated rings. The van der Waals surface area contributed by atoms with Crippen LogP contribution in [0.15, 0.2) is 12.1 Å². The minimum absolute atomic E-state index is 0.784. The number of rotatable bonds is 7. The van der Waals surface area contributed by atoms with Crippen LogP contribution in [-0.4, -0.2) is 24.5 Å². The fourth-order valence-electron chi connectivity index (χ4n) is 2.58. The summed E-state index contributed by atoms with van der Waals surface area (Å²) < 4.78 is 0. The van der Waals surface area contributed by atoms with Crippen LogP contribution in [0.5, 0.6) is 0 Å². The molecular formula is C16H28N2. The van der Waals surface area contributed by atoms with Crippen LogP contribution in [-0.2, 0) is 6.54 Å². The highest BCUT2D eigenvalue weighted by Crippen LogP contribution is 2.18. The maximum absolute atomic E-state index is 5.62. The lowest BCUT2D eigenvalue weighted by Gasteiger charge is -2.24. The van der Waals surface area contributed by atoms with Crippen molar-refractivity contribution in [3.05, 3.63) is 34.4 Å². The highest BCUT2D eigenvalue weighted by molar-refractivity contribution is 5.37. The van der Waals surface area contributed by atoms with Crippen LogP contribution in [0.2, 0.25) is 0 Å². The van der Waals surface area contributed by atoms with Gasteiger partial charge in [-0.05, 0) is 69.9 Å². The average Bonchev–Trinajstić information content (AvgIpc) is 2.30. The minimum atomic E-state index is 0.784. The molecule has 0 aliphatic carbocycles. The van der Waals surface area contributed by atoms with Gasteiger partial charge in [-0.3, -0.25) is 4.90 Å². The zero-order chi connectivity index (χ0) is 13.5. The van der Waals surface area contributed by atoms with E-state index in [1.165, 1.54) is 28.7 Å². The molecule has 1 rings (SSSR count). The Hall–Kier alpha value is -0.860. The van der Waals surface area contributed by atoms with Gasteiger partial charge in [0.1, 0.15) is 0 Å². The summed E-state index contributed by atoms with van der Waals surface area (Å²) in [7, 11) is 0. The Labute approximate surface area is 112 Å². The summed E-state index contributed by atoms with van der Waals surface area (Å²) in [6.45, 7) is 13.0. The lowest BCUT2D eigenvalue weighted by molar-refractivity contribution is 0.263. The Morgan fingerprint density at radius 2 is 1.67 bits per heavy atom. The summed E-state index contributed by atoms with van der Waals surface area (Å²) in [4.78, 5) is 2.53. The predicted molar refractivity (Wildman–Crippen MR) is 79.9 cm³/mol. The van der Waals surface area contributed by atoms with Gasteiger partial charge in [0, 0.05) is 6.54 Å². The zero-order valence-corrected chi connectivity index (χ0v) is 12.4. The van der Waals surface area contributed by atoms with E-state index < -0.39 is 0 Å². The van der Waals surface area contributed by atoms with E-state index in [4.69, 9.17) is 5.73 Å². The summed E-state index contributed by atoms with van der Waals surface area (Å²) in [5, 5.41) is 0. The van der Waals surface area contributed by atoms with Crippen LogP contribution < -0.4 is 5.73 Å². The molecule has 18 heavy (non-hydrogen) atoms. The molecule has 1 aromatic rings. The Kier molecular flexibility index (Phi) is 6.37. The lowest BCUT2D eigenvalue weighted by atomic mass is 9.99. The summed E-state index contributed by atoms with van der Waals surface area (Å²) in [6, 6.07) is 4.57. The average molecular weight is 248 g/mol. The molecule has 0 amide bonds. The van der Waals surface area contributed by atoms with Gasteiger partial charge in [-0.25, -0.2) is 0 Å². The standard InChI is InChI=1S/C16H28N2/c1-5-8-18(9-6-7-17)12-16-14(3)10-13(2)11-15(16)4/h10-11H,5-9,12,17H2,1-4H3. The highest BCUT2D eigenvalue weighted by atomic mass is 15.1. The molecule has 0 bridgehead atoms. The van der Waals surface area contributed by atoms with Crippen LogP contribution in [0, 0.1) is 20.8 Å². The quantitative estimate of drug-likeness (QED) is 0.803. The van der Waals surface area contributed by atoms with Gasteiger partial charge in [-0.2, -0.15) is 0 Å². The Balaban J connectivity index is 2.79. The van der Waals surface area contributed by atoms with Gasteiger partial charge >= 0.3 is 0 Å². The maximum atomic E-state index is 5.62. The van der Waals surface area contributed by atoms with Crippen molar-refractivity contribution in [2.45, 2.75) is 47.1 Å². The van der Waals surface area contributed by atoms with E-state index in [9.17, 15) is 0 Å². The van der Waals surface area contributed by atoms with Gasteiger partial charge in [-0.15, -0.1) is 0 Å². The Morgan fingerprint density at radius 1 is 1.06 bits per heavy atom. The molecule has 0 spiro atoms. The molecule has 0 heterocycles. The first kappa shape index (κ1) is 15.2. The molecule has 0 unspecified atom stereocenters. The van der Waals surface area contributed by atoms with E-state index in [2.05, 4.69) is 44.7 Å². The second-order valence-corrected chi connectivity index (χ2v) is 5.30. The van der Waals surface area contributed by atoms with E-state index in [0.29, 0.717) is 0 Å². The number of benzene rings is 1. The van der Waals surface area contributed by atoms with Crippen molar-refractivity contribution in [3.8, 4) is 0 Å². The molecule has 0 aromatic heterocycles. The maximum Gasteiger partial charge on any atom is 0.0239 e. The van der Waals surface area contributed by atoms with Crippen LogP contribution in [0.25, 0.3) is 0 Å². The van der Waals surface area contributed by atoms with E-state index in [1.807, 2.05) is 0 Å². The smallest absolute Gasteiger partial charge is 0.0239 e. The second kappa shape index (κ2) is 7.55. The molecule has 0 radical (unpaired) electrons. The highest BCUT2D eigenvalue weighted by Gasteiger charge is 2.09. The molecule has 0 saturated heterocycles. The summed E-state index contributed by atoms with van der Waals surface area (Å²) in [5.41, 5.74) is 11.3. The minimum Gasteiger partial charge on any atom is -0.330 e. The molecule has 0 atom stereocenters. The van der Waals surface area contributed by atoms with Crippen molar-refractivity contribution < 1.29 is 0 Å². The Bertz CT molecular complexity index is 348. The number of nitrogens with zero attached hydrogens (tertiary/aromatic N) is 1. The topological polar surface area (TPSA) is 29.3 Å². The van der Waals surface area contributed by atoms with Gasteiger partial charge in [0.05, 0.1) is 0 Å². The van der Waals surface area contributed by atoms with Crippen LogP contribution >= 0.6 is 0 Å². The van der Waals surface area contributed by atoms with Crippen molar-refractivity contribution in [2.24, 2.45) is 5.73 Å². The first-order valence-corrected chi connectivity index (χ1v) is 7.07. The van der Waals surface area contributed by atoms with E-state index in [-0.39, 0.29) is 0 Å². The molecule has 0 aliphatic heterocycles. The lowest BCUT2D eigenvalue weighted by Crippen LogP contribution is -2.27. The summed E-state index contributed by atoms with van der Waals surface area (Å²) in [6.07, 6.45) is 2.29. The van der Waals surface area contributed by atoms with Crippen molar-refractivity contribution in [1.82, 2.24) is 4.90 Å². The first-order valence-electron chi connectivity index (χ1n) is 7.07. The molecule has 2 heteroatoms. The molecule has 102 valence electrons. The number of hydrogen-bond acceptors (Lipinski definition) is 2. The van der Waals surface area contributed by atoms with Crippen molar-refractivity contribution >= 4 is 0 Å². The molecular weight excluding hydrogens is 220 g/mol. The van der Waals surface area contributed by atoms with E-state index in [1.54, 1.807) is 0 Å². The van der Waals surface area contributed by atoms with Crippen LogP contribution in [0.3, 0.4) is 0 Å². The van der Waals surface area contributed by atoms with Gasteiger partial charge in [0.15, 0.2) is 0 Å². The first-order chi connectivity index (χ1) is 8.58. The monoisotopic (exact) mass is 248 g/mol. The number of hydrogen-bond donors (Lipinski definition) is 1. The molecule has 0 aliphatic rings. The fourth-order valence-corrected chi connectivity index (χ4v) is 2.58. The summed E-state index contributed by atoms with van der Waals surface area (Å²) >= 11 is 0. The van der Waals surface area contributed by atoms with Crippen molar-refractivity contribution in [2.75, 3.05) is 19.6 Å². The van der Waals surface area contributed by atoms with Gasteiger partial charge in [-0.1, -0.05) is 24.6 Å². The SMILES string of the molecule is CCCN(CCCN)Cc1c(C)cc(C)cc1C. The van der Waals surface area contributed by atoms with Gasteiger partial charge in [0.2, 0.25) is 0 Å². The normalized spacial score (nSPS) is 11.2. The summed E-state index contributed by atoms with van der Waals surface area (Å²) in [5.74, 6) is 0. The predicted octanol–water partition coefficient (Wildman–Crippen LogP) is 3.17. The van der Waals surface area contributed by atoms with Gasteiger partial charge in [0.25, 0.3) is 0 Å². The number of nitrogens with two attached hydrogens (primary N) is 1. The third kappa shape index (κ3) is 4.43. The number of aryl methyl sites for hydroxylation is 3. The van der Waals surface area contributed by atoms with E-state index >= 15 is 0 Å². The second-order valence-electron chi connectivity index (χ2n) is 5.30. The van der Waals surface area contributed by atoms with Crippen LogP contribution in [0.1, 0.15) is 42.0 Å². The van der Waals surface area contributed by atoms with Crippen molar-refractivity contribution in [1.29, 1.82) is 0 Å². The van der Waals surface area contributed by atoms with Crippen molar-refractivity contribution in [3.63, 3.8) is 0 Å². The molecule has 1 aromatic carbocycles. The van der Waals surface area contributed by atoms with E-state index in [0.717, 1.165) is 32.6 Å². The Morgan fingerprint density at radius 3 is 2.17 bits per heavy atom. The largest absolute Gasteiger partial charge is 0.330 e. The third-order valence-electron chi connectivity index (χ3n) is 3.44. The molecule has 2 N–H and O–H groups in total. The zero-order valence-electron chi connectivity index (χ0n) is 12.4. The van der Waals surface area contributed by atoms with Gasteiger partial charge < -0.3 is 5.73 Å². The molecule has 2 nitrogen and oxygen atoms in total.